The Labute approximate surface area is 216 Å². The number of nitrogens with one attached hydrogen (secondary N) is 1. The highest BCUT2D eigenvalue weighted by Crippen LogP contribution is 2.58. The van der Waals surface area contributed by atoms with Gasteiger partial charge in [-0.25, -0.2) is 0 Å². The lowest BCUT2D eigenvalue weighted by Crippen LogP contribution is -2.39. The van der Waals surface area contributed by atoms with Crippen molar-refractivity contribution in [2.75, 3.05) is 6.61 Å². The fraction of sp³-hybridized carbons (Fsp3) is 0.700. The van der Waals surface area contributed by atoms with Gasteiger partial charge in [0.15, 0.2) is 5.78 Å². The lowest BCUT2D eigenvalue weighted by molar-refractivity contribution is -0.134. The quantitative estimate of drug-likeness (QED) is 0.145. The topological polar surface area (TPSA) is 92.7 Å². The largest absolute Gasteiger partial charge is 0.426 e. The van der Waals surface area contributed by atoms with Crippen molar-refractivity contribution in [1.82, 2.24) is 5.32 Å². The van der Waals surface area contributed by atoms with E-state index >= 15 is 0 Å². The molecule has 1 heterocycles. The van der Waals surface area contributed by atoms with Gasteiger partial charge in [-0.2, -0.15) is 0 Å². The van der Waals surface area contributed by atoms with Crippen molar-refractivity contribution in [1.29, 1.82) is 0 Å². The zero-order chi connectivity index (χ0) is 26.5. The first kappa shape index (κ1) is 28.4. The summed E-state index contributed by atoms with van der Waals surface area (Å²) in [4.78, 5) is 38.2. The molecule has 0 radical (unpaired) electrons. The summed E-state index contributed by atoms with van der Waals surface area (Å²) in [7, 11) is 0. The summed E-state index contributed by atoms with van der Waals surface area (Å²) in [6.07, 6.45) is 10.9. The molecule has 1 saturated heterocycles. The highest BCUT2D eigenvalue weighted by atomic mass is 16.5. The van der Waals surface area contributed by atoms with Gasteiger partial charge in [0.2, 0.25) is 5.91 Å². The molecule has 1 amide bonds. The monoisotopic (exact) mass is 499 g/mol. The number of hydrogen-bond donors (Lipinski definition) is 2. The Bertz CT molecular complexity index is 955. The van der Waals surface area contributed by atoms with Crippen LogP contribution < -0.4 is 10.1 Å². The van der Waals surface area contributed by atoms with Crippen LogP contribution in [-0.2, 0) is 15.0 Å². The highest BCUT2D eigenvalue weighted by molar-refractivity contribution is 5.98. The molecule has 1 aromatic carbocycles. The Morgan fingerprint density at radius 1 is 1.06 bits per heavy atom. The first-order chi connectivity index (χ1) is 17.2. The Hall–Kier alpha value is -2.21. The van der Waals surface area contributed by atoms with Crippen LogP contribution in [0.3, 0.4) is 0 Å². The molecular formula is C30H45NO5. The molecule has 6 heteroatoms. The maximum absolute atomic E-state index is 13.0. The van der Waals surface area contributed by atoms with Gasteiger partial charge in [-0.15, -0.1) is 0 Å². The number of rotatable bonds is 14. The minimum atomic E-state index is -0.498. The molecule has 0 aromatic heterocycles. The second-order valence-corrected chi connectivity index (χ2v) is 11.3. The minimum absolute atomic E-state index is 0.0697. The number of carbonyl (C=O) groups is 3. The Morgan fingerprint density at radius 3 is 2.22 bits per heavy atom. The number of hydrogen-bond acceptors (Lipinski definition) is 5. The van der Waals surface area contributed by atoms with E-state index in [1.165, 1.54) is 45.4 Å². The Morgan fingerprint density at radius 2 is 1.67 bits per heavy atom. The van der Waals surface area contributed by atoms with Crippen molar-refractivity contribution in [3.63, 3.8) is 0 Å². The molecule has 4 atom stereocenters. The SMILES string of the molecule is CCCCCCCCCCCC(=O)Oc1cc2c(cc1C(C)=O)C1C(C(=O)N[C@@H]1CO)[C@]2(C)C(C)C. The van der Waals surface area contributed by atoms with Gasteiger partial charge in [0, 0.05) is 17.8 Å². The zero-order valence-corrected chi connectivity index (χ0v) is 22.8. The highest BCUT2D eigenvalue weighted by Gasteiger charge is 2.60. The maximum atomic E-state index is 13.0. The first-order valence-electron chi connectivity index (χ1n) is 14.0. The summed E-state index contributed by atoms with van der Waals surface area (Å²) in [6.45, 7) is 9.77. The number of benzene rings is 1. The van der Waals surface area contributed by atoms with Crippen molar-refractivity contribution in [2.45, 2.75) is 116 Å². The Kier molecular flexibility index (Phi) is 9.73. The summed E-state index contributed by atoms with van der Waals surface area (Å²) < 4.78 is 5.77. The van der Waals surface area contributed by atoms with E-state index in [1.54, 1.807) is 6.07 Å². The molecule has 0 bridgehead atoms. The van der Waals surface area contributed by atoms with Crippen LogP contribution in [-0.4, -0.2) is 35.4 Å². The van der Waals surface area contributed by atoms with Gasteiger partial charge >= 0.3 is 5.97 Å². The van der Waals surface area contributed by atoms with E-state index in [-0.39, 0.29) is 53.8 Å². The third kappa shape index (κ3) is 5.69. The standard InChI is InChI=1S/C30H45NO5/c1-6-7-8-9-10-11-12-13-14-15-26(34)36-25-17-23-22(16-21(25)20(4)33)27-24(18-32)31-29(35)28(27)30(23,5)19(2)3/h16-17,19,24,27-28,32H,6-15,18H2,1-5H3,(H,31,35)/t24-,27?,28?,30-/m1/s1. The third-order valence-corrected chi connectivity index (χ3v) is 8.62. The predicted molar refractivity (Wildman–Crippen MR) is 141 cm³/mol. The number of aliphatic hydroxyl groups excluding tert-OH is 1. The van der Waals surface area contributed by atoms with E-state index in [1.807, 2.05) is 6.07 Å². The fourth-order valence-electron chi connectivity index (χ4n) is 6.25. The molecule has 2 aliphatic rings. The van der Waals surface area contributed by atoms with Crippen LogP contribution in [0, 0.1) is 11.8 Å². The van der Waals surface area contributed by atoms with Gasteiger partial charge < -0.3 is 15.2 Å². The van der Waals surface area contributed by atoms with Crippen LogP contribution in [0.5, 0.6) is 5.75 Å². The van der Waals surface area contributed by atoms with Crippen molar-refractivity contribution < 1.29 is 24.2 Å². The van der Waals surface area contributed by atoms with E-state index in [0.29, 0.717) is 12.0 Å². The number of ketones is 1. The van der Waals surface area contributed by atoms with Gasteiger partial charge in [0.1, 0.15) is 5.75 Å². The molecule has 2 unspecified atom stereocenters. The zero-order valence-electron chi connectivity index (χ0n) is 22.8. The first-order valence-corrected chi connectivity index (χ1v) is 14.0. The molecule has 1 aromatic rings. The fourth-order valence-corrected chi connectivity index (χ4v) is 6.25. The van der Waals surface area contributed by atoms with Crippen molar-refractivity contribution in [3.8, 4) is 5.75 Å². The van der Waals surface area contributed by atoms with E-state index in [0.717, 1.165) is 30.4 Å². The molecule has 0 spiro atoms. The number of fused-ring (bicyclic) bond motifs is 3. The maximum Gasteiger partial charge on any atom is 0.311 e. The molecular weight excluding hydrogens is 454 g/mol. The molecule has 3 rings (SSSR count). The lowest BCUT2D eigenvalue weighted by atomic mass is 9.67. The molecule has 200 valence electrons. The predicted octanol–water partition coefficient (Wildman–Crippen LogP) is 5.83. The second kappa shape index (κ2) is 12.4. The molecule has 1 aliphatic carbocycles. The van der Waals surface area contributed by atoms with Crippen LogP contribution >= 0.6 is 0 Å². The average molecular weight is 500 g/mol. The minimum Gasteiger partial charge on any atom is -0.426 e. The average Bonchev–Trinajstić information content (AvgIpc) is 3.31. The van der Waals surface area contributed by atoms with Crippen LogP contribution in [0.4, 0.5) is 0 Å². The molecule has 2 N–H and O–H groups in total. The van der Waals surface area contributed by atoms with Crippen LogP contribution in [0.1, 0.15) is 126 Å². The molecule has 36 heavy (non-hydrogen) atoms. The number of unbranched alkanes of at least 4 members (excludes halogenated alkanes) is 8. The van der Waals surface area contributed by atoms with Gasteiger partial charge in [-0.1, -0.05) is 79.1 Å². The van der Waals surface area contributed by atoms with E-state index in [9.17, 15) is 19.5 Å². The normalized spacial score (nSPS) is 24.5. The second-order valence-electron chi connectivity index (χ2n) is 11.3. The van der Waals surface area contributed by atoms with Gasteiger partial charge in [-0.05, 0) is 42.5 Å². The molecule has 1 aliphatic heterocycles. The summed E-state index contributed by atoms with van der Waals surface area (Å²) in [5, 5.41) is 12.9. The van der Waals surface area contributed by atoms with Crippen LogP contribution in [0.25, 0.3) is 0 Å². The number of esters is 1. The molecule has 0 saturated carbocycles. The van der Waals surface area contributed by atoms with E-state index in [4.69, 9.17) is 4.74 Å². The number of aliphatic hydroxyl groups is 1. The number of Topliss-reactive ketones (excluding diaryl/α,β-unsaturated/α-hetero) is 1. The van der Waals surface area contributed by atoms with Crippen molar-refractivity contribution >= 4 is 17.7 Å². The smallest absolute Gasteiger partial charge is 0.311 e. The number of carbonyl (C=O) groups excluding carboxylic acids is 3. The van der Waals surface area contributed by atoms with Gasteiger partial charge in [-0.3, -0.25) is 14.4 Å². The third-order valence-electron chi connectivity index (χ3n) is 8.62. The molecule has 1 fully saturated rings. The summed E-state index contributed by atoms with van der Waals surface area (Å²) >= 11 is 0. The van der Waals surface area contributed by atoms with Crippen LogP contribution in [0.2, 0.25) is 0 Å². The summed E-state index contributed by atoms with van der Waals surface area (Å²) in [6, 6.07) is 3.23. The number of ether oxygens (including phenoxy) is 1. The van der Waals surface area contributed by atoms with Gasteiger partial charge in [0.05, 0.1) is 24.1 Å². The van der Waals surface area contributed by atoms with Crippen LogP contribution in [0.15, 0.2) is 12.1 Å². The van der Waals surface area contributed by atoms with Crippen molar-refractivity contribution in [2.24, 2.45) is 11.8 Å². The van der Waals surface area contributed by atoms with Crippen molar-refractivity contribution in [3.05, 3.63) is 28.8 Å². The lowest BCUT2D eigenvalue weighted by Gasteiger charge is -2.35. The summed E-state index contributed by atoms with van der Waals surface area (Å²) in [5.41, 5.74) is 1.70. The molecule has 6 nitrogen and oxygen atoms in total. The van der Waals surface area contributed by atoms with E-state index in [2.05, 4.69) is 33.0 Å². The Balaban J connectivity index is 1.72. The number of amides is 1. The van der Waals surface area contributed by atoms with Gasteiger partial charge in [0.25, 0.3) is 0 Å². The summed E-state index contributed by atoms with van der Waals surface area (Å²) in [5.74, 6) is -0.711. The van der Waals surface area contributed by atoms with E-state index < -0.39 is 5.41 Å².